The van der Waals surface area contributed by atoms with Crippen molar-refractivity contribution in [1.82, 2.24) is 9.88 Å². The van der Waals surface area contributed by atoms with Crippen molar-refractivity contribution in [3.05, 3.63) is 75.2 Å². The van der Waals surface area contributed by atoms with Gasteiger partial charge in [0.05, 0.1) is 27.9 Å². The van der Waals surface area contributed by atoms with Gasteiger partial charge in [-0.3, -0.25) is 14.4 Å². The third kappa shape index (κ3) is 8.36. The van der Waals surface area contributed by atoms with Crippen LogP contribution in [0.25, 0.3) is 0 Å². The summed E-state index contributed by atoms with van der Waals surface area (Å²) in [6, 6.07) is 13.2. The SMILES string of the molecule is COC(=O)CS(=O)(=O)CC(=O)c1csc(CN(CCCc2ccccc2)C(=O)c2cc(OC)c(C)c(OC)c2)n1. The van der Waals surface area contributed by atoms with E-state index in [1.54, 1.807) is 17.0 Å². The zero-order valence-electron chi connectivity index (χ0n) is 22.8. The average Bonchev–Trinajstić information content (AvgIpc) is 3.41. The maximum Gasteiger partial charge on any atom is 0.320 e. The van der Waals surface area contributed by atoms with Crippen molar-refractivity contribution in [1.29, 1.82) is 0 Å². The number of ether oxygens (including phenoxy) is 3. The first-order chi connectivity index (χ1) is 19.1. The number of methoxy groups -OCH3 is 3. The standard InChI is InChI=1S/C28H32N2O8S2/c1-19-24(36-2)13-21(14-25(19)37-3)28(33)30(12-8-11-20-9-6-5-7-10-20)15-26-29-22(16-39-26)23(31)17-40(34,35)18-27(32)38-4/h5-7,9-10,13-14,16H,8,11-12,15,17-18H2,1-4H3. The van der Waals surface area contributed by atoms with Crippen LogP contribution in [0.4, 0.5) is 0 Å². The van der Waals surface area contributed by atoms with Crippen LogP contribution in [0, 0.1) is 6.92 Å². The molecule has 0 fully saturated rings. The molecule has 3 rings (SSSR count). The zero-order valence-corrected chi connectivity index (χ0v) is 24.5. The number of aryl methyl sites for hydroxylation is 1. The van der Waals surface area contributed by atoms with E-state index >= 15 is 0 Å². The minimum atomic E-state index is -4.01. The highest BCUT2D eigenvalue weighted by Crippen LogP contribution is 2.30. The second-order valence-corrected chi connectivity index (χ2v) is 12.0. The second kappa shape index (κ2) is 14.0. The Kier molecular flexibility index (Phi) is 10.8. The van der Waals surface area contributed by atoms with Crippen LogP contribution in [0.5, 0.6) is 11.5 Å². The van der Waals surface area contributed by atoms with Gasteiger partial charge in [0.15, 0.2) is 15.6 Å². The van der Waals surface area contributed by atoms with Gasteiger partial charge < -0.3 is 19.1 Å². The highest BCUT2D eigenvalue weighted by molar-refractivity contribution is 7.92. The number of thiazole rings is 1. The number of hydrogen-bond acceptors (Lipinski definition) is 10. The number of hydrogen-bond donors (Lipinski definition) is 0. The van der Waals surface area contributed by atoms with E-state index in [9.17, 15) is 22.8 Å². The molecule has 0 saturated heterocycles. The van der Waals surface area contributed by atoms with Gasteiger partial charge in [0, 0.05) is 23.1 Å². The molecule has 0 aliphatic heterocycles. The molecule has 1 heterocycles. The lowest BCUT2D eigenvalue weighted by atomic mass is 10.1. The molecule has 40 heavy (non-hydrogen) atoms. The Morgan fingerprint density at radius 2 is 1.62 bits per heavy atom. The quantitative estimate of drug-likeness (QED) is 0.205. The number of amides is 1. The molecule has 2 aromatic carbocycles. The van der Waals surface area contributed by atoms with E-state index in [0.29, 0.717) is 35.0 Å². The number of aromatic nitrogens is 1. The molecule has 0 saturated carbocycles. The molecular formula is C28H32N2O8S2. The molecule has 1 aromatic heterocycles. The molecule has 0 aliphatic rings. The lowest BCUT2D eigenvalue weighted by Gasteiger charge is -2.23. The Morgan fingerprint density at radius 3 is 2.23 bits per heavy atom. The van der Waals surface area contributed by atoms with E-state index in [1.807, 2.05) is 37.3 Å². The van der Waals surface area contributed by atoms with Crippen LogP contribution >= 0.6 is 11.3 Å². The van der Waals surface area contributed by atoms with E-state index in [0.717, 1.165) is 36.0 Å². The number of rotatable bonds is 14. The average molecular weight is 589 g/mol. The van der Waals surface area contributed by atoms with E-state index in [2.05, 4.69) is 9.72 Å². The minimum absolute atomic E-state index is 0.0381. The maximum atomic E-state index is 13.7. The van der Waals surface area contributed by atoms with Crippen LogP contribution < -0.4 is 9.47 Å². The summed E-state index contributed by atoms with van der Waals surface area (Å²) < 4.78 is 39.6. The third-order valence-electron chi connectivity index (χ3n) is 6.10. The molecule has 0 unspecified atom stereocenters. The number of Topliss-reactive ketones (excluding diaryl/α,β-unsaturated/α-hetero) is 1. The number of carbonyl (C=O) groups excluding carboxylic acids is 3. The van der Waals surface area contributed by atoms with Crippen LogP contribution in [-0.4, -0.2) is 75.3 Å². The molecule has 0 bridgehead atoms. The predicted octanol–water partition coefficient (Wildman–Crippen LogP) is 3.51. The van der Waals surface area contributed by atoms with Gasteiger partial charge >= 0.3 is 5.97 Å². The number of sulfone groups is 1. The number of carbonyl (C=O) groups is 3. The number of nitrogens with zero attached hydrogens (tertiary/aromatic N) is 2. The molecule has 0 radical (unpaired) electrons. The van der Waals surface area contributed by atoms with Gasteiger partial charge in [-0.2, -0.15) is 0 Å². The second-order valence-electron chi connectivity index (χ2n) is 8.98. The summed E-state index contributed by atoms with van der Waals surface area (Å²) >= 11 is 1.15. The largest absolute Gasteiger partial charge is 0.496 e. The van der Waals surface area contributed by atoms with Gasteiger partial charge in [-0.1, -0.05) is 30.3 Å². The van der Waals surface area contributed by atoms with Crippen molar-refractivity contribution < 1.29 is 37.0 Å². The van der Waals surface area contributed by atoms with Crippen LogP contribution in [0.1, 0.15) is 43.4 Å². The Bertz CT molecular complexity index is 1430. The van der Waals surface area contributed by atoms with Gasteiger partial charge in [0.25, 0.3) is 5.91 Å². The fraction of sp³-hybridized carbons (Fsp3) is 0.357. The molecule has 0 aliphatic carbocycles. The van der Waals surface area contributed by atoms with Gasteiger partial charge in [0.2, 0.25) is 0 Å². The van der Waals surface area contributed by atoms with E-state index in [4.69, 9.17) is 9.47 Å². The lowest BCUT2D eigenvalue weighted by molar-refractivity contribution is -0.137. The normalized spacial score (nSPS) is 11.1. The van der Waals surface area contributed by atoms with Gasteiger partial charge in [-0.25, -0.2) is 13.4 Å². The van der Waals surface area contributed by atoms with Crippen molar-refractivity contribution >= 4 is 38.8 Å². The first-order valence-electron chi connectivity index (χ1n) is 12.4. The van der Waals surface area contributed by atoms with Crippen LogP contribution in [-0.2, 0) is 32.3 Å². The summed E-state index contributed by atoms with van der Waals surface area (Å²) in [5.41, 5.74) is 2.25. The Labute approximate surface area is 237 Å². The third-order valence-corrected chi connectivity index (χ3v) is 8.31. The van der Waals surface area contributed by atoms with Gasteiger partial charge in [-0.15, -0.1) is 11.3 Å². The highest BCUT2D eigenvalue weighted by atomic mass is 32.2. The van der Waals surface area contributed by atoms with Crippen molar-refractivity contribution in [2.75, 3.05) is 39.4 Å². The van der Waals surface area contributed by atoms with E-state index in [1.165, 1.54) is 19.6 Å². The van der Waals surface area contributed by atoms with Gasteiger partial charge in [0.1, 0.15) is 33.7 Å². The molecule has 0 atom stereocenters. The zero-order chi connectivity index (χ0) is 29.3. The predicted molar refractivity (Wildman–Crippen MR) is 151 cm³/mol. The molecular weight excluding hydrogens is 556 g/mol. The van der Waals surface area contributed by atoms with Crippen LogP contribution in [0.3, 0.4) is 0 Å². The molecule has 1 amide bonds. The van der Waals surface area contributed by atoms with Crippen molar-refractivity contribution in [3.63, 3.8) is 0 Å². The fourth-order valence-electron chi connectivity index (χ4n) is 4.00. The van der Waals surface area contributed by atoms with Crippen molar-refractivity contribution in [2.24, 2.45) is 0 Å². The first kappa shape index (κ1) is 30.8. The number of benzene rings is 2. The molecule has 3 aromatic rings. The van der Waals surface area contributed by atoms with Crippen LogP contribution in [0.15, 0.2) is 47.8 Å². The molecule has 214 valence electrons. The summed E-state index contributed by atoms with van der Waals surface area (Å²) in [6.45, 7) is 2.35. The van der Waals surface area contributed by atoms with Gasteiger partial charge in [-0.05, 0) is 37.5 Å². The number of ketones is 1. The summed E-state index contributed by atoms with van der Waals surface area (Å²) in [4.78, 5) is 43.6. The summed E-state index contributed by atoms with van der Waals surface area (Å²) in [7, 11) is 0.107. The van der Waals surface area contributed by atoms with Crippen LogP contribution in [0.2, 0.25) is 0 Å². The number of esters is 1. The smallest absolute Gasteiger partial charge is 0.320 e. The maximum absolute atomic E-state index is 13.7. The lowest BCUT2D eigenvalue weighted by Crippen LogP contribution is -2.32. The molecule has 12 heteroatoms. The Morgan fingerprint density at radius 1 is 0.975 bits per heavy atom. The minimum Gasteiger partial charge on any atom is -0.496 e. The van der Waals surface area contributed by atoms with Crippen molar-refractivity contribution in [2.45, 2.75) is 26.3 Å². The highest BCUT2D eigenvalue weighted by Gasteiger charge is 2.25. The molecule has 0 N–H and O–H groups in total. The molecule has 10 nitrogen and oxygen atoms in total. The summed E-state index contributed by atoms with van der Waals surface area (Å²) in [5, 5.41) is 1.92. The summed E-state index contributed by atoms with van der Waals surface area (Å²) in [6.07, 6.45) is 1.43. The Balaban J connectivity index is 1.81. The monoisotopic (exact) mass is 588 g/mol. The fourth-order valence-corrected chi connectivity index (χ4v) is 5.94. The van der Waals surface area contributed by atoms with E-state index in [-0.39, 0.29) is 18.1 Å². The first-order valence-corrected chi connectivity index (χ1v) is 15.1. The summed E-state index contributed by atoms with van der Waals surface area (Å²) in [5.74, 6) is -2.67. The topological polar surface area (TPSA) is 129 Å². The molecule has 0 spiro atoms. The van der Waals surface area contributed by atoms with E-state index < -0.39 is 33.1 Å². The van der Waals surface area contributed by atoms with Crippen molar-refractivity contribution in [3.8, 4) is 11.5 Å². The Hall–Kier alpha value is -3.77.